The molecule has 2 atom stereocenters. The number of amides is 2. The van der Waals surface area contributed by atoms with Gasteiger partial charge in [-0.2, -0.15) is 0 Å². The first-order valence-electron chi connectivity index (χ1n) is 9.50. The molecule has 0 spiro atoms. The average molecular weight is 364 g/mol. The molecular weight excluding hydrogens is 340 g/mol. The van der Waals surface area contributed by atoms with E-state index in [0.717, 1.165) is 19.4 Å². The Hall–Kier alpha value is -2.82. The predicted molar refractivity (Wildman–Crippen MR) is 102 cm³/mol. The highest BCUT2D eigenvalue weighted by Gasteiger charge is 2.56. The third kappa shape index (κ3) is 3.07. The molecule has 0 radical (unpaired) electrons. The van der Waals surface area contributed by atoms with Crippen molar-refractivity contribution in [2.24, 2.45) is 11.7 Å². The van der Waals surface area contributed by atoms with Crippen LogP contribution in [0.25, 0.3) is 0 Å². The second-order valence-corrected chi connectivity index (χ2v) is 7.41. The van der Waals surface area contributed by atoms with Gasteiger partial charge in [0.1, 0.15) is 5.75 Å². The smallest absolute Gasteiger partial charge is 0.261 e. The highest BCUT2D eigenvalue weighted by molar-refractivity contribution is 5.92. The zero-order valence-electron chi connectivity index (χ0n) is 15.3. The molecule has 0 unspecified atom stereocenters. The molecule has 2 aromatic rings. The Balaban J connectivity index is 1.47. The largest absolute Gasteiger partial charge is 0.484 e. The summed E-state index contributed by atoms with van der Waals surface area (Å²) in [6.07, 6.45) is 4.57. The fraction of sp³-hybridized carbons (Fsp3) is 0.364. The van der Waals surface area contributed by atoms with Crippen molar-refractivity contribution in [3.63, 3.8) is 0 Å². The van der Waals surface area contributed by atoms with E-state index in [9.17, 15) is 9.59 Å². The highest BCUT2D eigenvalue weighted by atomic mass is 16.5. The van der Waals surface area contributed by atoms with Gasteiger partial charge in [-0.1, -0.05) is 43.2 Å². The van der Waals surface area contributed by atoms with Crippen LogP contribution in [0.3, 0.4) is 0 Å². The molecule has 2 aliphatic rings. The van der Waals surface area contributed by atoms with Crippen molar-refractivity contribution in [3.8, 4) is 5.75 Å². The van der Waals surface area contributed by atoms with Crippen molar-refractivity contribution < 1.29 is 14.3 Å². The maximum absolute atomic E-state index is 12.9. The van der Waals surface area contributed by atoms with Gasteiger partial charge in [-0.05, 0) is 42.7 Å². The molecule has 27 heavy (non-hydrogen) atoms. The van der Waals surface area contributed by atoms with E-state index in [0.29, 0.717) is 17.2 Å². The lowest BCUT2D eigenvalue weighted by Crippen LogP contribution is -2.68. The number of ether oxygens (including phenoxy) is 1. The summed E-state index contributed by atoms with van der Waals surface area (Å²) in [5.41, 5.74) is 6.73. The van der Waals surface area contributed by atoms with Crippen molar-refractivity contribution >= 4 is 11.8 Å². The molecule has 1 heterocycles. The summed E-state index contributed by atoms with van der Waals surface area (Å²) in [6, 6.07) is 16.9. The van der Waals surface area contributed by atoms with E-state index in [2.05, 4.69) is 12.1 Å². The van der Waals surface area contributed by atoms with Crippen LogP contribution < -0.4 is 10.5 Å². The Bertz CT molecular complexity index is 834. The number of hydrogen-bond acceptors (Lipinski definition) is 3. The van der Waals surface area contributed by atoms with Crippen LogP contribution in [0.1, 0.15) is 41.6 Å². The van der Waals surface area contributed by atoms with Crippen LogP contribution in [0.5, 0.6) is 5.75 Å². The SMILES string of the molecule is NC(=O)c1ccc(OCC(=O)N2C[C@H]3CCCC[C@@]32c2ccccc2)cc1. The lowest BCUT2D eigenvalue weighted by atomic mass is 9.61. The van der Waals surface area contributed by atoms with Crippen molar-refractivity contribution in [1.82, 2.24) is 4.90 Å². The van der Waals surface area contributed by atoms with Gasteiger partial charge in [0.2, 0.25) is 5.91 Å². The zero-order chi connectivity index (χ0) is 18.9. The Morgan fingerprint density at radius 1 is 1.07 bits per heavy atom. The number of hydrogen-bond donors (Lipinski definition) is 1. The number of carbonyl (C=O) groups excluding carboxylic acids is 2. The van der Waals surface area contributed by atoms with Crippen LogP contribution in [0, 0.1) is 5.92 Å². The molecule has 1 aliphatic carbocycles. The molecule has 2 N–H and O–H groups in total. The molecule has 2 fully saturated rings. The van der Waals surface area contributed by atoms with Crippen LogP contribution in [-0.4, -0.2) is 29.9 Å². The third-order valence-electron chi connectivity index (χ3n) is 6.00. The molecule has 2 aromatic carbocycles. The van der Waals surface area contributed by atoms with E-state index in [1.54, 1.807) is 24.3 Å². The minimum atomic E-state index is -0.480. The van der Waals surface area contributed by atoms with E-state index >= 15 is 0 Å². The van der Waals surface area contributed by atoms with Gasteiger partial charge < -0.3 is 15.4 Å². The van der Waals surface area contributed by atoms with Crippen LogP contribution >= 0.6 is 0 Å². The van der Waals surface area contributed by atoms with Gasteiger partial charge in [-0.3, -0.25) is 9.59 Å². The molecule has 1 saturated heterocycles. The van der Waals surface area contributed by atoms with Gasteiger partial charge in [0.05, 0.1) is 5.54 Å². The van der Waals surface area contributed by atoms with E-state index in [1.165, 1.54) is 18.4 Å². The quantitative estimate of drug-likeness (QED) is 0.886. The summed E-state index contributed by atoms with van der Waals surface area (Å²) >= 11 is 0. The molecule has 2 amide bonds. The van der Waals surface area contributed by atoms with Gasteiger partial charge in [-0.15, -0.1) is 0 Å². The normalized spacial score (nSPS) is 23.9. The van der Waals surface area contributed by atoms with Crippen molar-refractivity contribution in [1.29, 1.82) is 0 Å². The summed E-state index contributed by atoms with van der Waals surface area (Å²) in [6.45, 7) is 0.801. The summed E-state index contributed by atoms with van der Waals surface area (Å²) in [7, 11) is 0. The molecule has 0 bridgehead atoms. The Morgan fingerprint density at radius 2 is 1.81 bits per heavy atom. The lowest BCUT2D eigenvalue weighted by Gasteiger charge is -2.61. The maximum Gasteiger partial charge on any atom is 0.261 e. The monoisotopic (exact) mass is 364 g/mol. The van der Waals surface area contributed by atoms with Crippen LogP contribution in [-0.2, 0) is 10.3 Å². The minimum Gasteiger partial charge on any atom is -0.484 e. The van der Waals surface area contributed by atoms with Gasteiger partial charge >= 0.3 is 0 Å². The van der Waals surface area contributed by atoms with Crippen molar-refractivity contribution in [2.45, 2.75) is 31.2 Å². The fourth-order valence-electron chi connectivity index (χ4n) is 4.62. The first-order valence-corrected chi connectivity index (χ1v) is 9.50. The van der Waals surface area contributed by atoms with Crippen LogP contribution in [0.15, 0.2) is 54.6 Å². The van der Waals surface area contributed by atoms with E-state index in [1.807, 2.05) is 23.1 Å². The number of rotatable bonds is 5. The van der Waals surface area contributed by atoms with Gasteiger partial charge in [-0.25, -0.2) is 0 Å². The molecule has 5 heteroatoms. The molecule has 0 aromatic heterocycles. The maximum atomic E-state index is 12.9. The fourth-order valence-corrected chi connectivity index (χ4v) is 4.62. The Kier molecular flexibility index (Phi) is 4.60. The summed E-state index contributed by atoms with van der Waals surface area (Å²) in [5, 5.41) is 0. The summed E-state index contributed by atoms with van der Waals surface area (Å²) in [5.74, 6) is 0.623. The summed E-state index contributed by atoms with van der Waals surface area (Å²) in [4.78, 5) is 26.1. The topological polar surface area (TPSA) is 72.6 Å². The molecule has 1 aliphatic heterocycles. The number of primary amides is 1. The molecule has 4 rings (SSSR count). The molecular formula is C22H24N2O3. The Labute approximate surface area is 159 Å². The standard InChI is InChI=1S/C22H24N2O3/c23-21(26)16-9-11-19(12-10-16)27-15-20(25)24-14-18-8-4-5-13-22(18,24)17-6-2-1-3-7-17/h1-3,6-7,9-12,18H,4-5,8,13-15H2,(H2,23,26)/t18-,22-/m1/s1. The van der Waals surface area contributed by atoms with Gasteiger partial charge in [0, 0.05) is 18.0 Å². The molecule has 140 valence electrons. The van der Waals surface area contributed by atoms with Crippen LogP contribution in [0.2, 0.25) is 0 Å². The van der Waals surface area contributed by atoms with E-state index in [4.69, 9.17) is 10.5 Å². The zero-order valence-corrected chi connectivity index (χ0v) is 15.3. The van der Waals surface area contributed by atoms with Gasteiger partial charge in [0.15, 0.2) is 6.61 Å². The first kappa shape index (κ1) is 17.6. The second-order valence-electron chi connectivity index (χ2n) is 7.41. The number of benzene rings is 2. The van der Waals surface area contributed by atoms with Crippen LogP contribution in [0.4, 0.5) is 0 Å². The lowest BCUT2D eigenvalue weighted by molar-refractivity contribution is -0.168. The first-order chi connectivity index (χ1) is 13.1. The van der Waals surface area contributed by atoms with E-state index < -0.39 is 5.91 Å². The average Bonchev–Trinajstić information content (AvgIpc) is 2.68. The van der Waals surface area contributed by atoms with E-state index in [-0.39, 0.29) is 18.1 Å². The Morgan fingerprint density at radius 3 is 2.48 bits per heavy atom. The third-order valence-corrected chi connectivity index (χ3v) is 6.00. The number of carbonyl (C=O) groups is 2. The molecule has 1 saturated carbocycles. The predicted octanol–water partition coefficient (Wildman–Crippen LogP) is 3.09. The minimum absolute atomic E-state index is 0.00276. The van der Waals surface area contributed by atoms with Crippen molar-refractivity contribution in [3.05, 3.63) is 65.7 Å². The van der Waals surface area contributed by atoms with Gasteiger partial charge in [0.25, 0.3) is 5.91 Å². The summed E-state index contributed by atoms with van der Waals surface area (Å²) < 4.78 is 5.68. The number of nitrogens with two attached hydrogens (primary N) is 1. The number of nitrogens with zero attached hydrogens (tertiary/aromatic N) is 1. The number of fused-ring (bicyclic) bond motifs is 1. The molecule has 5 nitrogen and oxygen atoms in total. The van der Waals surface area contributed by atoms with Crippen molar-refractivity contribution in [2.75, 3.05) is 13.2 Å². The number of likely N-dealkylation sites (tertiary alicyclic amines) is 1. The second kappa shape index (κ2) is 7.06. The highest BCUT2D eigenvalue weighted by Crippen LogP contribution is 2.53.